The summed E-state index contributed by atoms with van der Waals surface area (Å²) in [7, 11) is 0. The highest BCUT2D eigenvalue weighted by atomic mass is 16.2. The van der Waals surface area contributed by atoms with Crippen LogP contribution >= 0.6 is 0 Å². The van der Waals surface area contributed by atoms with Crippen molar-refractivity contribution < 1.29 is 5.11 Å². The molecule has 0 aromatic carbocycles. The molecule has 0 unspecified atom stereocenters. The van der Waals surface area contributed by atoms with E-state index in [1.54, 1.807) is 0 Å². The molecule has 0 spiro atoms. The zero-order chi connectivity index (χ0) is 16.4. The number of rotatable bonds is 16. The Bertz CT molecular complexity index is 220. The monoisotopic (exact) mass is 324 g/mol. The zero-order valence-electron chi connectivity index (χ0n) is 15.9. The van der Waals surface area contributed by atoms with Crippen molar-refractivity contribution >= 4 is 0 Å². The number of aliphatic hydroxyl groups excluding tert-OH is 1. The van der Waals surface area contributed by atoms with Crippen molar-refractivity contribution in [2.45, 2.75) is 128 Å². The van der Waals surface area contributed by atoms with Gasteiger partial charge in [0.2, 0.25) is 0 Å². The first kappa shape index (κ1) is 21.0. The van der Waals surface area contributed by atoms with Gasteiger partial charge in [-0.25, -0.2) is 0 Å². The largest absolute Gasteiger partial charge is 0.396 e. The molecular formula is C22H44O. The Labute approximate surface area is 146 Å². The molecule has 1 heteroatoms. The molecule has 0 radical (unpaired) electrons. The van der Waals surface area contributed by atoms with Gasteiger partial charge >= 0.3 is 0 Å². The van der Waals surface area contributed by atoms with Gasteiger partial charge in [0.1, 0.15) is 0 Å². The fraction of sp³-hybridized carbons (Fsp3) is 1.00. The molecule has 138 valence electrons. The van der Waals surface area contributed by atoms with Gasteiger partial charge in [-0.2, -0.15) is 0 Å². The second-order valence-electron chi connectivity index (χ2n) is 7.97. The average Bonchev–Trinajstić information content (AvgIpc) is 2.59. The summed E-state index contributed by atoms with van der Waals surface area (Å²) in [5.74, 6) is 1.09. The van der Waals surface area contributed by atoms with Gasteiger partial charge < -0.3 is 5.11 Å². The summed E-state index contributed by atoms with van der Waals surface area (Å²) >= 11 is 0. The number of hydrogen-bond acceptors (Lipinski definition) is 1. The van der Waals surface area contributed by atoms with Crippen molar-refractivity contribution in [1.29, 1.82) is 0 Å². The van der Waals surface area contributed by atoms with Crippen LogP contribution in [0.25, 0.3) is 0 Å². The van der Waals surface area contributed by atoms with E-state index in [0.29, 0.717) is 6.61 Å². The Morgan fingerprint density at radius 3 is 1.30 bits per heavy atom. The molecule has 0 aromatic rings. The number of hydrogen-bond donors (Lipinski definition) is 1. The third-order valence-corrected chi connectivity index (χ3v) is 5.75. The highest BCUT2D eigenvalue weighted by molar-refractivity contribution is 4.65. The summed E-state index contributed by atoms with van der Waals surface area (Å²) in [6, 6.07) is 0. The molecule has 1 rings (SSSR count). The quantitative estimate of drug-likeness (QED) is 0.293. The molecule has 0 saturated heterocycles. The zero-order valence-corrected chi connectivity index (χ0v) is 15.9. The van der Waals surface area contributed by atoms with Crippen molar-refractivity contribution in [3.8, 4) is 0 Å². The van der Waals surface area contributed by atoms with E-state index < -0.39 is 0 Å². The average molecular weight is 325 g/mol. The smallest absolute Gasteiger partial charge is 0.0431 e. The van der Waals surface area contributed by atoms with Crippen LogP contribution in [0.5, 0.6) is 0 Å². The summed E-state index contributed by atoms with van der Waals surface area (Å²) in [4.78, 5) is 0. The van der Waals surface area contributed by atoms with Crippen LogP contribution in [0.4, 0.5) is 0 Å². The molecule has 0 heterocycles. The van der Waals surface area contributed by atoms with Crippen LogP contribution in [0, 0.1) is 5.92 Å². The second-order valence-corrected chi connectivity index (χ2v) is 7.97. The molecule has 1 N–H and O–H groups in total. The maximum atomic E-state index is 8.72. The van der Waals surface area contributed by atoms with Gasteiger partial charge in [0.05, 0.1) is 0 Å². The lowest BCUT2D eigenvalue weighted by Crippen LogP contribution is -2.05. The van der Waals surface area contributed by atoms with Gasteiger partial charge in [-0.05, 0) is 12.3 Å². The Hall–Kier alpha value is -0.0400. The number of unbranched alkanes of at least 4 members (excludes halogenated alkanes) is 13. The first-order chi connectivity index (χ1) is 11.4. The summed E-state index contributed by atoms with van der Waals surface area (Å²) in [6.07, 6.45) is 28.7. The van der Waals surface area contributed by atoms with E-state index in [-0.39, 0.29) is 0 Å². The number of aliphatic hydroxyl groups is 1. The van der Waals surface area contributed by atoms with Crippen LogP contribution in [0.2, 0.25) is 0 Å². The molecule has 1 nitrogen and oxygen atoms in total. The molecule has 0 amide bonds. The molecular weight excluding hydrogens is 280 g/mol. The van der Waals surface area contributed by atoms with E-state index in [2.05, 4.69) is 0 Å². The molecule has 0 aromatic heterocycles. The fourth-order valence-corrected chi connectivity index (χ4v) is 4.14. The van der Waals surface area contributed by atoms with Crippen LogP contribution in [-0.2, 0) is 0 Å². The third kappa shape index (κ3) is 14.0. The highest BCUT2D eigenvalue weighted by Crippen LogP contribution is 2.28. The van der Waals surface area contributed by atoms with Gasteiger partial charge in [0.15, 0.2) is 0 Å². The molecule has 1 aliphatic rings. The fourth-order valence-electron chi connectivity index (χ4n) is 4.14. The minimum absolute atomic E-state index is 0.376. The maximum Gasteiger partial charge on any atom is 0.0431 e. The predicted molar refractivity (Wildman–Crippen MR) is 103 cm³/mol. The predicted octanol–water partition coefficient (Wildman–Crippen LogP) is 7.41. The molecule has 23 heavy (non-hydrogen) atoms. The standard InChI is InChI=1S/C22H44O/c23-21-17-12-10-8-6-4-2-1-3-5-7-9-11-14-18-22-19-15-13-16-20-22/h22-23H,1-21H2. The molecule has 1 saturated carbocycles. The highest BCUT2D eigenvalue weighted by Gasteiger charge is 2.12. The van der Waals surface area contributed by atoms with E-state index in [1.165, 1.54) is 122 Å². The van der Waals surface area contributed by atoms with Gasteiger partial charge in [0.25, 0.3) is 0 Å². The van der Waals surface area contributed by atoms with Crippen molar-refractivity contribution in [2.24, 2.45) is 5.92 Å². The van der Waals surface area contributed by atoms with Crippen LogP contribution in [-0.4, -0.2) is 11.7 Å². The first-order valence-electron chi connectivity index (χ1n) is 11.0. The van der Waals surface area contributed by atoms with E-state index in [0.717, 1.165) is 12.3 Å². The summed E-state index contributed by atoms with van der Waals surface area (Å²) in [6.45, 7) is 0.376. The summed E-state index contributed by atoms with van der Waals surface area (Å²) in [5.41, 5.74) is 0. The Morgan fingerprint density at radius 2 is 0.870 bits per heavy atom. The van der Waals surface area contributed by atoms with Gasteiger partial charge in [-0.15, -0.1) is 0 Å². The maximum absolute atomic E-state index is 8.72. The van der Waals surface area contributed by atoms with Crippen molar-refractivity contribution in [3.05, 3.63) is 0 Å². The van der Waals surface area contributed by atoms with Gasteiger partial charge in [0, 0.05) is 6.61 Å². The van der Waals surface area contributed by atoms with Crippen LogP contribution in [0.15, 0.2) is 0 Å². The van der Waals surface area contributed by atoms with Crippen LogP contribution < -0.4 is 0 Å². The lowest BCUT2D eigenvalue weighted by atomic mass is 9.85. The van der Waals surface area contributed by atoms with E-state index >= 15 is 0 Å². The van der Waals surface area contributed by atoms with Crippen molar-refractivity contribution in [2.75, 3.05) is 6.61 Å². The first-order valence-corrected chi connectivity index (χ1v) is 11.0. The SMILES string of the molecule is OCCCCCCCCCCCCCCCCC1CCCCC1. The second kappa shape index (κ2) is 16.8. The minimum atomic E-state index is 0.376. The Morgan fingerprint density at radius 1 is 0.478 bits per heavy atom. The lowest BCUT2D eigenvalue weighted by Gasteiger charge is -2.21. The van der Waals surface area contributed by atoms with E-state index in [4.69, 9.17) is 5.11 Å². The molecule has 0 atom stereocenters. The minimum Gasteiger partial charge on any atom is -0.396 e. The summed E-state index contributed by atoms with van der Waals surface area (Å²) < 4.78 is 0. The third-order valence-electron chi connectivity index (χ3n) is 5.75. The van der Waals surface area contributed by atoms with Crippen LogP contribution in [0.3, 0.4) is 0 Å². The topological polar surface area (TPSA) is 20.2 Å². The van der Waals surface area contributed by atoms with E-state index in [1.807, 2.05) is 0 Å². The molecule has 1 fully saturated rings. The summed E-state index contributed by atoms with van der Waals surface area (Å²) in [5, 5.41) is 8.72. The van der Waals surface area contributed by atoms with Crippen LogP contribution in [0.1, 0.15) is 128 Å². The lowest BCUT2D eigenvalue weighted by molar-refractivity contribution is 0.282. The molecule has 0 bridgehead atoms. The van der Waals surface area contributed by atoms with Gasteiger partial charge in [-0.3, -0.25) is 0 Å². The molecule has 0 aliphatic heterocycles. The normalized spacial score (nSPS) is 16.0. The van der Waals surface area contributed by atoms with E-state index in [9.17, 15) is 0 Å². The Kier molecular flexibility index (Phi) is 15.3. The Balaban J connectivity index is 1.67. The molecule has 1 aliphatic carbocycles. The van der Waals surface area contributed by atoms with Crippen molar-refractivity contribution in [1.82, 2.24) is 0 Å². The van der Waals surface area contributed by atoms with Gasteiger partial charge in [-0.1, -0.05) is 122 Å². The van der Waals surface area contributed by atoms with Crippen molar-refractivity contribution in [3.63, 3.8) is 0 Å².